The molecule has 0 aromatic rings. The minimum Gasteiger partial charge on any atom is -0.377 e. The van der Waals surface area contributed by atoms with Crippen LogP contribution in [0.3, 0.4) is 0 Å². The third-order valence-corrected chi connectivity index (χ3v) is 6.97. The Morgan fingerprint density at radius 3 is 1.96 bits per heavy atom. The molecule has 0 atom stereocenters. The molecule has 25 heavy (non-hydrogen) atoms. The predicted molar refractivity (Wildman–Crippen MR) is 110 cm³/mol. The highest BCUT2D eigenvalue weighted by molar-refractivity contribution is 4.82. The molecule has 146 valence electrons. The van der Waals surface area contributed by atoms with Crippen molar-refractivity contribution in [2.45, 2.75) is 104 Å². The summed E-state index contributed by atoms with van der Waals surface area (Å²) in [6.07, 6.45) is 24.9. The fourth-order valence-electron chi connectivity index (χ4n) is 5.21. The Bertz CT molecular complexity index is 332. The van der Waals surface area contributed by atoms with Gasteiger partial charge in [0.2, 0.25) is 0 Å². The second-order valence-electron chi connectivity index (χ2n) is 8.87. The second kappa shape index (κ2) is 13.0. The quantitative estimate of drug-likeness (QED) is 0.276. The van der Waals surface area contributed by atoms with Crippen LogP contribution in [0.15, 0.2) is 12.2 Å². The fourth-order valence-corrected chi connectivity index (χ4v) is 5.21. The van der Waals surface area contributed by atoms with Gasteiger partial charge in [0, 0.05) is 6.61 Å². The maximum Gasteiger partial charge on any atom is 0.0647 e. The molecule has 0 aliphatic heterocycles. The number of hydrogen-bond donors (Lipinski definition) is 0. The lowest BCUT2D eigenvalue weighted by Crippen LogP contribution is -2.27. The van der Waals surface area contributed by atoms with E-state index in [-0.39, 0.29) is 0 Å². The van der Waals surface area contributed by atoms with E-state index in [1.165, 1.54) is 89.9 Å². The molecule has 2 aliphatic carbocycles. The van der Waals surface area contributed by atoms with Crippen LogP contribution in [-0.2, 0) is 4.74 Å². The van der Waals surface area contributed by atoms with E-state index in [0.29, 0.717) is 0 Å². The monoisotopic (exact) mass is 348 g/mol. The minimum atomic E-state index is 0.804. The Balaban J connectivity index is 1.53. The van der Waals surface area contributed by atoms with Gasteiger partial charge in [-0.1, -0.05) is 70.4 Å². The predicted octanol–water partition coefficient (Wildman–Crippen LogP) is 7.55. The summed E-state index contributed by atoms with van der Waals surface area (Å²) in [5, 5.41) is 0. The van der Waals surface area contributed by atoms with Gasteiger partial charge in [-0.15, -0.1) is 0 Å². The highest BCUT2D eigenvalue weighted by Crippen LogP contribution is 2.42. The van der Waals surface area contributed by atoms with Crippen molar-refractivity contribution >= 4 is 0 Å². The van der Waals surface area contributed by atoms with E-state index in [0.717, 1.165) is 36.9 Å². The van der Waals surface area contributed by atoms with E-state index in [1.807, 2.05) is 0 Å². The summed E-state index contributed by atoms with van der Waals surface area (Å²) in [6.45, 7) is 6.17. The third-order valence-electron chi connectivity index (χ3n) is 6.97. The highest BCUT2D eigenvalue weighted by atomic mass is 16.5. The highest BCUT2D eigenvalue weighted by Gasteiger charge is 2.30. The van der Waals surface area contributed by atoms with Gasteiger partial charge in [0.1, 0.15) is 0 Å². The first-order chi connectivity index (χ1) is 12.3. The molecule has 0 saturated heterocycles. The first kappa shape index (κ1) is 21.0. The van der Waals surface area contributed by atoms with Gasteiger partial charge in [0.25, 0.3) is 0 Å². The molecule has 1 nitrogen and oxygen atoms in total. The Hall–Kier alpha value is -0.300. The summed E-state index contributed by atoms with van der Waals surface area (Å²) >= 11 is 0. The van der Waals surface area contributed by atoms with Crippen LogP contribution in [0.2, 0.25) is 0 Å². The summed E-state index contributed by atoms with van der Waals surface area (Å²) < 4.78 is 5.78. The maximum absolute atomic E-state index is 5.78. The van der Waals surface area contributed by atoms with Crippen LogP contribution in [-0.4, -0.2) is 13.2 Å². The van der Waals surface area contributed by atoms with Gasteiger partial charge in [-0.2, -0.15) is 0 Å². The molecular weight excluding hydrogens is 304 g/mol. The molecule has 2 fully saturated rings. The number of unbranched alkanes of at least 4 members (excludes halogenated alkanes) is 4. The van der Waals surface area contributed by atoms with Crippen molar-refractivity contribution in [2.75, 3.05) is 13.2 Å². The van der Waals surface area contributed by atoms with Crippen molar-refractivity contribution < 1.29 is 4.74 Å². The number of ether oxygens (including phenoxy) is 1. The zero-order valence-corrected chi connectivity index (χ0v) is 17.2. The van der Waals surface area contributed by atoms with E-state index in [9.17, 15) is 0 Å². The van der Waals surface area contributed by atoms with Crippen molar-refractivity contribution in [1.82, 2.24) is 0 Å². The summed E-state index contributed by atoms with van der Waals surface area (Å²) in [5.41, 5.74) is 0. The SMILES string of the molecule is C/C=C\COCC1CCC([C@H]2CC[C@H](CCCCCCC)CC2)CC1. The zero-order valence-electron chi connectivity index (χ0n) is 17.2. The van der Waals surface area contributed by atoms with E-state index in [1.54, 1.807) is 0 Å². The zero-order chi connectivity index (χ0) is 17.7. The number of allylic oxidation sites excluding steroid dienone is 1. The van der Waals surface area contributed by atoms with Crippen LogP contribution in [0.5, 0.6) is 0 Å². The van der Waals surface area contributed by atoms with Gasteiger partial charge in [-0.05, 0) is 69.1 Å². The number of rotatable bonds is 11. The molecule has 0 radical (unpaired) electrons. The van der Waals surface area contributed by atoms with Crippen LogP contribution in [0.4, 0.5) is 0 Å². The van der Waals surface area contributed by atoms with Crippen molar-refractivity contribution in [3.05, 3.63) is 12.2 Å². The van der Waals surface area contributed by atoms with Crippen LogP contribution in [0.1, 0.15) is 104 Å². The topological polar surface area (TPSA) is 9.23 Å². The molecule has 2 saturated carbocycles. The molecular formula is C24H44O. The van der Waals surface area contributed by atoms with Crippen molar-refractivity contribution in [3.8, 4) is 0 Å². The van der Waals surface area contributed by atoms with Crippen LogP contribution < -0.4 is 0 Å². The maximum atomic E-state index is 5.78. The van der Waals surface area contributed by atoms with E-state index < -0.39 is 0 Å². The smallest absolute Gasteiger partial charge is 0.0647 e. The van der Waals surface area contributed by atoms with Gasteiger partial charge >= 0.3 is 0 Å². The Kier molecular flexibility index (Phi) is 10.9. The van der Waals surface area contributed by atoms with Crippen molar-refractivity contribution in [2.24, 2.45) is 23.7 Å². The average Bonchev–Trinajstić information content (AvgIpc) is 2.66. The van der Waals surface area contributed by atoms with Gasteiger partial charge in [0.05, 0.1) is 6.61 Å². The largest absolute Gasteiger partial charge is 0.377 e. The van der Waals surface area contributed by atoms with E-state index in [4.69, 9.17) is 4.74 Å². The molecule has 0 bridgehead atoms. The van der Waals surface area contributed by atoms with Crippen LogP contribution in [0, 0.1) is 23.7 Å². The lowest BCUT2D eigenvalue weighted by molar-refractivity contribution is 0.0778. The summed E-state index contributed by atoms with van der Waals surface area (Å²) in [5.74, 6) is 3.99. The molecule has 0 amide bonds. The molecule has 1 heteroatoms. The Morgan fingerprint density at radius 1 is 0.760 bits per heavy atom. The minimum absolute atomic E-state index is 0.804. The number of hydrogen-bond acceptors (Lipinski definition) is 1. The molecule has 0 spiro atoms. The summed E-state index contributed by atoms with van der Waals surface area (Å²) in [4.78, 5) is 0. The molecule has 0 aromatic carbocycles. The summed E-state index contributed by atoms with van der Waals surface area (Å²) in [7, 11) is 0. The molecule has 0 heterocycles. The second-order valence-corrected chi connectivity index (χ2v) is 8.87. The first-order valence-corrected chi connectivity index (χ1v) is 11.5. The normalized spacial score (nSPS) is 30.8. The Morgan fingerprint density at radius 2 is 1.36 bits per heavy atom. The van der Waals surface area contributed by atoms with E-state index in [2.05, 4.69) is 26.0 Å². The molecule has 0 N–H and O–H groups in total. The van der Waals surface area contributed by atoms with Crippen LogP contribution in [0.25, 0.3) is 0 Å². The molecule has 0 unspecified atom stereocenters. The van der Waals surface area contributed by atoms with Crippen molar-refractivity contribution in [3.63, 3.8) is 0 Å². The van der Waals surface area contributed by atoms with Crippen LogP contribution >= 0.6 is 0 Å². The molecule has 2 rings (SSSR count). The third kappa shape index (κ3) is 8.29. The van der Waals surface area contributed by atoms with Gasteiger partial charge in [0.15, 0.2) is 0 Å². The van der Waals surface area contributed by atoms with Gasteiger partial charge < -0.3 is 4.74 Å². The lowest BCUT2D eigenvalue weighted by Gasteiger charge is -2.38. The van der Waals surface area contributed by atoms with Crippen molar-refractivity contribution in [1.29, 1.82) is 0 Å². The molecule has 0 aromatic heterocycles. The summed E-state index contributed by atoms with van der Waals surface area (Å²) in [6, 6.07) is 0. The average molecular weight is 349 g/mol. The first-order valence-electron chi connectivity index (χ1n) is 11.5. The van der Waals surface area contributed by atoms with E-state index >= 15 is 0 Å². The van der Waals surface area contributed by atoms with Gasteiger partial charge in [-0.3, -0.25) is 0 Å². The van der Waals surface area contributed by atoms with Gasteiger partial charge in [-0.25, -0.2) is 0 Å². The lowest BCUT2D eigenvalue weighted by atomic mass is 9.69. The standard InChI is InChI=1S/C24H44O/c1-3-5-7-8-9-10-21-11-15-23(16-12-21)24-17-13-22(14-18-24)20-25-19-6-4-2/h4,6,21-24H,3,5,7-20H2,1-2H3/b6-4-/t21-,22?,23-,24?. The Labute approximate surface area is 158 Å². The fraction of sp³-hybridized carbons (Fsp3) is 0.917. The molecule has 2 aliphatic rings.